The fourth-order valence-corrected chi connectivity index (χ4v) is 2.97. The maximum atomic E-state index is 12.6. The first kappa shape index (κ1) is 15.7. The van der Waals surface area contributed by atoms with Gasteiger partial charge in [-0.15, -0.1) is 0 Å². The first-order valence-corrected chi connectivity index (χ1v) is 8.03. The lowest BCUT2D eigenvalue weighted by atomic mass is 10.3. The minimum absolute atomic E-state index is 0.0388. The number of aryl methyl sites for hydroxylation is 3. The topological polar surface area (TPSA) is 59.2 Å². The number of amides is 1. The molecule has 1 saturated heterocycles. The van der Waals surface area contributed by atoms with Crippen LogP contribution in [0, 0.1) is 6.92 Å². The number of rotatable bonds is 3. The maximum Gasteiger partial charge on any atom is 0.274 e. The van der Waals surface area contributed by atoms with Crippen molar-refractivity contribution in [3.63, 3.8) is 0 Å². The SMILES string of the molecule is Cc1cc(C(=O)N2CCCN(Cc3cnn(C)c3)CC2)nn1C. The van der Waals surface area contributed by atoms with E-state index in [4.69, 9.17) is 0 Å². The van der Waals surface area contributed by atoms with Gasteiger partial charge in [-0.2, -0.15) is 10.2 Å². The molecule has 0 unspecified atom stereocenters. The summed E-state index contributed by atoms with van der Waals surface area (Å²) in [6, 6.07) is 1.86. The zero-order valence-electron chi connectivity index (χ0n) is 14.1. The third-order valence-electron chi connectivity index (χ3n) is 4.37. The quantitative estimate of drug-likeness (QED) is 0.841. The van der Waals surface area contributed by atoms with Crippen molar-refractivity contribution in [1.29, 1.82) is 0 Å². The van der Waals surface area contributed by atoms with Crippen LogP contribution in [0.4, 0.5) is 0 Å². The predicted octanol–water partition coefficient (Wildman–Crippen LogP) is 0.810. The highest BCUT2D eigenvalue weighted by molar-refractivity contribution is 5.92. The van der Waals surface area contributed by atoms with Crippen molar-refractivity contribution in [3.05, 3.63) is 35.4 Å². The standard InChI is InChI=1S/C16H24N6O/c1-13-9-15(18-20(13)3)16(23)22-6-4-5-21(7-8-22)12-14-10-17-19(2)11-14/h9-11H,4-8,12H2,1-3H3. The van der Waals surface area contributed by atoms with E-state index in [1.54, 1.807) is 4.68 Å². The van der Waals surface area contributed by atoms with Crippen LogP contribution in [0.3, 0.4) is 0 Å². The number of carbonyl (C=O) groups is 1. The van der Waals surface area contributed by atoms with Gasteiger partial charge in [0.2, 0.25) is 0 Å². The van der Waals surface area contributed by atoms with E-state index in [2.05, 4.69) is 15.1 Å². The van der Waals surface area contributed by atoms with E-state index in [1.807, 2.05) is 49.1 Å². The van der Waals surface area contributed by atoms with Crippen LogP contribution < -0.4 is 0 Å². The van der Waals surface area contributed by atoms with Crippen LogP contribution in [0.2, 0.25) is 0 Å². The lowest BCUT2D eigenvalue weighted by Gasteiger charge is -2.21. The molecular formula is C16H24N6O. The number of aromatic nitrogens is 4. The van der Waals surface area contributed by atoms with Crippen molar-refractivity contribution in [2.75, 3.05) is 26.2 Å². The fraction of sp³-hybridized carbons (Fsp3) is 0.562. The predicted molar refractivity (Wildman–Crippen MR) is 87.0 cm³/mol. The lowest BCUT2D eigenvalue weighted by molar-refractivity contribution is 0.0754. The van der Waals surface area contributed by atoms with Crippen molar-refractivity contribution in [2.45, 2.75) is 19.9 Å². The number of nitrogens with zero attached hydrogens (tertiary/aromatic N) is 6. The molecule has 7 nitrogen and oxygen atoms in total. The normalized spacial score (nSPS) is 16.6. The second kappa shape index (κ2) is 6.54. The van der Waals surface area contributed by atoms with E-state index in [0.717, 1.165) is 44.8 Å². The Bertz CT molecular complexity index is 669. The Morgan fingerprint density at radius 2 is 2.04 bits per heavy atom. The smallest absolute Gasteiger partial charge is 0.274 e. The fourth-order valence-electron chi connectivity index (χ4n) is 2.97. The highest BCUT2D eigenvalue weighted by atomic mass is 16.2. The Labute approximate surface area is 136 Å². The Kier molecular flexibility index (Phi) is 4.47. The molecule has 3 rings (SSSR count). The molecular weight excluding hydrogens is 292 g/mol. The van der Waals surface area contributed by atoms with Crippen molar-refractivity contribution < 1.29 is 4.79 Å². The van der Waals surface area contributed by atoms with Gasteiger partial charge in [0.15, 0.2) is 5.69 Å². The molecule has 0 atom stereocenters. The summed E-state index contributed by atoms with van der Waals surface area (Å²) in [5.74, 6) is 0.0388. The minimum atomic E-state index is 0.0388. The van der Waals surface area contributed by atoms with Gasteiger partial charge in [-0.05, 0) is 19.4 Å². The molecule has 23 heavy (non-hydrogen) atoms. The number of carbonyl (C=O) groups excluding carboxylic acids is 1. The third-order valence-corrected chi connectivity index (χ3v) is 4.37. The van der Waals surface area contributed by atoms with Gasteiger partial charge in [0.1, 0.15) is 0 Å². The van der Waals surface area contributed by atoms with E-state index >= 15 is 0 Å². The molecule has 3 heterocycles. The number of hydrogen-bond donors (Lipinski definition) is 0. The van der Waals surface area contributed by atoms with Gasteiger partial charge in [0.25, 0.3) is 5.91 Å². The lowest BCUT2D eigenvalue weighted by Crippen LogP contribution is -2.35. The molecule has 1 aliphatic rings. The highest BCUT2D eigenvalue weighted by Crippen LogP contribution is 2.11. The molecule has 124 valence electrons. The zero-order chi connectivity index (χ0) is 16.4. The van der Waals surface area contributed by atoms with Gasteiger partial charge in [-0.1, -0.05) is 0 Å². The van der Waals surface area contributed by atoms with E-state index < -0.39 is 0 Å². The van der Waals surface area contributed by atoms with Crippen molar-refractivity contribution in [1.82, 2.24) is 29.4 Å². The van der Waals surface area contributed by atoms with Crippen molar-refractivity contribution in [3.8, 4) is 0 Å². The summed E-state index contributed by atoms with van der Waals surface area (Å²) in [5.41, 5.74) is 2.76. The molecule has 0 N–H and O–H groups in total. The highest BCUT2D eigenvalue weighted by Gasteiger charge is 2.22. The second-order valence-electron chi connectivity index (χ2n) is 6.24. The Morgan fingerprint density at radius 3 is 2.70 bits per heavy atom. The average molecular weight is 316 g/mol. The summed E-state index contributed by atoms with van der Waals surface area (Å²) in [7, 11) is 3.80. The van der Waals surface area contributed by atoms with Crippen LogP contribution in [-0.2, 0) is 20.6 Å². The van der Waals surface area contributed by atoms with Gasteiger partial charge in [0.05, 0.1) is 6.20 Å². The molecule has 1 aliphatic heterocycles. The van der Waals surface area contributed by atoms with Crippen LogP contribution in [0.25, 0.3) is 0 Å². The van der Waals surface area contributed by atoms with Crippen molar-refractivity contribution >= 4 is 5.91 Å². The van der Waals surface area contributed by atoms with Crippen LogP contribution in [0.15, 0.2) is 18.5 Å². The Balaban J connectivity index is 1.60. The molecule has 0 saturated carbocycles. The summed E-state index contributed by atoms with van der Waals surface area (Å²) in [6.07, 6.45) is 4.94. The largest absolute Gasteiger partial charge is 0.336 e. The molecule has 0 spiro atoms. The van der Waals surface area contributed by atoms with Gasteiger partial charge in [-0.3, -0.25) is 19.1 Å². The summed E-state index contributed by atoms with van der Waals surface area (Å²) in [6.45, 7) is 6.26. The molecule has 0 radical (unpaired) electrons. The minimum Gasteiger partial charge on any atom is -0.336 e. The third kappa shape index (κ3) is 3.61. The molecule has 1 fully saturated rings. The van der Waals surface area contributed by atoms with Gasteiger partial charge < -0.3 is 4.90 Å². The van der Waals surface area contributed by atoms with E-state index in [0.29, 0.717) is 5.69 Å². The van der Waals surface area contributed by atoms with E-state index in [-0.39, 0.29) is 5.91 Å². The molecule has 0 bridgehead atoms. The van der Waals surface area contributed by atoms with E-state index in [1.165, 1.54) is 5.56 Å². The molecule has 2 aromatic rings. The molecule has 0 aromatic carbocycles. The van der Waals surface area contributed by atoms with Gasteiger partial charge >= 0.3 is 0 Å². The summed E-state index contributed by atoms with van der Waals surface area (Å²) >= 11 is 0. The van der Waals surface area contributed by atoms with E-state index in [9.17, 15) is 4.79 Å². The first-order chi connectivity index (χ1) is 11.0. The zero-order valence-corrected chi connectivity index (χ0v) is 14.1. The Morgan fingerprint density at radius 1 is 1.22 bits per heavy atom. The molecule has 7 heteroatoms. The second-order valence-corrected chi connectivity index (χ2v) is 6.24. The number of hydrogen-bond acceptors (Lipinski definition) is 4. The monoisotopic (exact) mass is 316 g/mol. The van der Waals surface area contributed by atoms with Gasteiger partial charge in [0, 0.05) is 64.3 Å². The van der Waals surface area contributed by atoms with Crippen LogP contribution in [0.1, 0.15) is 28.2 Å². The molecule has 0 aliphatic carbocycles. The van der Waals surface area contributed by atoms with Crippen LogP contribution >= 0.6 is 0 Å². The summed E-state index contributed by atoms with van der Waals surface area (Å²) in [5, 5.41) is 8.52. The first-order valence-electron chi connectivity index (χ1n) is 8.03. The molecule has 1 amide bonds. The Hall–Kier alpha value is -2.15. The summed E-state index contributed by atoms with van der Waals surface area (Å²) < 4.78 is 3.58. The van der Waals surface area contributed by atoms with Crippen LogP contribution in [0.5, 0.6) is 0 Å². The van der Waals surface area contributed by atoms with Gasteiger partial charge in [-0.25, -0.2) is 0 Å². The van der Waals surface area contributed by atoms with Crippen LogP contribution in [-0.4, -0.2) is 61.4 Å². The summed E-state index contributed by atoms with van der Waals surface area (Å²) in [4.78, 5) is 16.9. The van der Waals surface area contributed by atoms with Crippen molar-refractivity contribution in [2.24, 2.45) is 14.1 Å². The maximum absolute atomic E-state index is 12.6. The average Bonchev–Trinajstić information content (AvgIpc) is 2.98. The molecule has 2 aromatic heterocycles.